The van der Waals surface area contributed by atoms with E-state index in [2.05, 4.69) is 4.98 Å². The lowest BCUT2D eigenvalue weighted by Crippen LogP contribution is -2.29. The molecule has 0 radical (unpaired) electrons. The highest BCUT2D eigenvalue weighted by molar-refractivity contribution is 8.06. The van der Waals surface area contributed by atoms with Crippen LogP contribution in [-0.4, -0.2) is 32.1 Å². The van der Waals surface area contributed by atoms with E-state index in [1.54, 1.807) is 15.9 Å². The number of aryl methyl sites for hydroxylation is 2. The van der Waals surface area contributed by atoms with Crippen LogP contribution in [0.15, 0.2) is 4.79 Å². The summed E-state index contributed by atoms with van der Waals surface area (Å²) in [7, 11) is 0. The Kier molecular flexibility index (Phi) is 3.94. The number of nitrogens with zero attached hydrogens (tertiary/aromatic N) is 1. The normalized spacial score (nSPS) is 21.8. The number of aromatic amines is 1. The molecule has 3 heterocycles. The van der Waals surface area contributed by atoms with E-state index in [-0.39, 0.29) is 5.56 Å². The van der Waals surface area contributed by atoms with E-state index in [4.69, 9.17) is 12.2 Å². The van der Waals surface area contributed by atoms with Gasteiger partial charge in [-0.1, -0.05) is 0 Å². The number of nitrogens with one attached hydrogen (secondary N) is 1. The summed E-state index contributed by atoms with van der Waals surface area (Å²) in [5.74, 6) is 3.52. The molecule has 7 heteroatoms. The van der Waals surface area contributed by atoms with Crippen LogP contribution in [0.25, 0.3) is 10.2 Å². The zero-order chi connectivity index (χ0) is 14.4. The topological polar surface area (TPSA) is 37.8 Å². The molecule has 2 aromatic rings. The van der Waals surface area contributed by atoms with Crippen LogP contribution in [0, 0.1) is 4.77 Å². The highest BCUT2D eigenvalue weighted by Crippen LogP contribution is 2.34. The number of hydrogen-bond donors (Lipinski definition) is 1. The van der Waals surface area contributed by atoms with Crippen molar-refractivity contribution in [1.82, 2.24) is 9.55 Å². The fourth-order valence-corrected chi connectivity index (χ4v) is 7.38. The van der Waals surface area contributed by atoms with Crippen LogP contribution in [0.5, 0.6) is 0 Å². The van der Waals surface area contributed by atoms with Gasteiger partial charge in [0.05, 0.1) is 5.39 Å². The van der Waals surface area contributed by atoms with Gasteiger partial charge < -0.3 is 4.98 Å². The first-order valence-corrected chi connectivity index (χ1v) is 10.6. The third kappa shape index (κ3) is 2.52. The molecule has 1 fully saturated rings. The predicted octanol–water partition coefficient (Wildman–Crippen LogP) is 3.46. The molecule has 1 aliphatic heterocycles. The monoisotopic (exact) mass is 356 g/mol. The summed E-state index contributed by atoms with van der Waals surface area (Å²) >= 11 is 11.1. The molecule has 112 valence electrons. The SMILES string of the molecule is O=c1c2c3c(sc2[nH]c(=S)n1CC1CSCCS1)CCC3. The molecular weight excluding hydrogens is 340 g/mol. The van der Waals surface area contributed by atoms with Gasteiger partial charge in [0, 0.05) is 33.9 Å². The smallest absolute Gasteiger partial charge is 0.263 e. The van der Waals surface area contributed by atoms with Crippen molar-refractivity contribution in [2.45, 2.75) is 31.1 Å². The summed E-state index contributed by atoms with van der Waals surface area (Å²) in [5.41, 5.74) is 1.41. The van der Waals surface area contributed by atoms with E-state index >= 15 is 0 Å². The molecule has 1 atom stereocenters. The van der Waals surface area contributed by atoms with Gasteiger partial charge in [-0.3, -0.25) is 9.36 Å². The van der Waals surface area contributed by atoms with Gasteiger partial charge in [0.2, 0.25) is 0 Å². The van der Waals surface area contributed by atoms with Gasteiger partial charge in [0.15, 0.2) is 4.77 Å². The van der Waals surface area contributed by atoms with Crippen LogP contribution in [-0.2, 0) is 19.4 Å². The lowest BCUT2D eigenvalue weighted by molar-refractivity contribution is 0.652. The fraction of sp³-hybridized carbons (Fsp3) is 0.571. The summed E-state index contributed by atoms with van der Waals surface area (Å²) in [4.78, 5) is 18.6. The molecular formula is C14H16N2OS4. The Morgan fingerprint density at radius 1 is 1.33 bits per heavy atom. The van der Waals surface area contributed by atoms with Crippen molar-refractivity contribution in [1.29, 1.82) is 0 Å². The second-order valence-corrected chi connectivity index (χ2v) is 9.53. The Morgan fingerprint density at radius 2 is 2.24 bits per heavy atom. The third-order valence-corrected chi connectivity index (χ3v) is 8.47. The van der Waals surface area contributed by atoms with E-state index in [1.165, 1.54) is 28.4 Å². The number of aromatic nitrogens is 2. The first kappa shape index (κ1) is 14.4. The molecule has 0 aromatic carbocycles. The summed E-state index contributed by atoms with van der Waals surface area (Å²) in [6.07, 6.45) is 3.34. The molecule has 0 saturated carbocycles. The Balaban J connectivity index is 1.81. The molecule has 2 aliphatic rings. The Labute approximate surface area is 140 Å². The third-order valence-electron chi connectivity index (χ3n) is 4.12. The molecule has 0 amide bonds. The second-order valence-electron chi connectivity index (χ2n) is 5.48. The molecule has 1 unspecified atom stereocenters. The number of hydrogen-bond acceptors (Lipinski definition) is 5. The molecule has 2 aromatic heterocycles. The van der Waals surface area contributed by atoms with Gasteiger partial charge in [0.1, 0.15) is 4.83 Å². The number of rotatable bonds is 2. The van der Waals surface area contributed by atoms with Gasteiger partial charge in [-0.15, -0.1) is 11.3 Å². The minimum absolute atomic E-state index is 0.129. The Hall–Kier alpha value is -0.240. The largest absolute Gasteiger partial charge is 0.323 e. The average Bonchev–Trinajstić information content (AvgIpc) is 3.04. The second kappa shape index (κ2) is 5.76. The molecule has 1 saturated heterocycles. The van der Waals surface area contributed by atoms with E-state index in [1.807, 2.05) is 23.5 Å². The Bertz CT molecular complexity index is 798. The van der Waals surface area contributed by atoms with Gasteiger partial charge in [-0.05, 0) is 37.0 Å². The molecule has 4 rings (SSSR count). The van der Waals surface area contributed by atoms with Crippen molar-refractivity contribution in [3.8, 4) is 0 Å². The minimum atomic E-state index is 0.129. The van der Waals surface area contributed by atoms with Crippen molar-refractivity contribution in [3.05, 3.63) is 25.6 Å². The average molecular weight is 357 g/mol. The van der Waals surface area contributed by atoms with Gasteiger partial charge >= 0.3 is 0 Å². The van der Waals surface area contributed by atoms with Crippen LogP contribution in [0.4, 0.5) is 0 Å². The number of H-pyrrole nitrogens is 1. The van der Waals surface area contributed by atoms with Crippen LogP contribution in [0.3, 0.4) is 0 Å². The van der Waals surface area contributed by atoms with E-state index in [0.29, 0.717) is 10.0 Å². The first-order valence-electron chi connectivity index (χ1n) is 7.21. The van der Waals surface area contributed by atoms with E-state index < -0.39 is 0 Å². The molecule has 1 aliphatic carbocycles. The fourth-order valence-electron chi connectivity index (χ4n) is 3.12. The lowest BCUT2D eigenvalue weighted by atomic mass is 10.2. The zero-order valence-corrected chi connectivity index (χ0v) is 14.8. The summed E-state index contributed by atoms with van der Waals surface area (Å²) < 4.78 is 2.38. The maximum Gasteiger partial charge on any atom is 0.263 e. The van der Waals surface area contributed by atoms with Crippen LogP contribution in [0.1, 0.15) is 16.9 Å². The van der Waals surface area contributed by atoms with Crippen molar-refractivity contribution in [2.24, 2.45) is 0 Å². The van der Waals surface area contributed by atoms with Crippen molar-refractivity contribution < 1.29 is 0 Å². The lowest BCUT2D eigenvalue weighted by Gasteiger charge is -2.21. The highest BCUT2D eigenvalue weighted by atomic mass is 32.2. The Morgan fingerprint density at radius 3 is 3.05 bits per heavy atom. The molecule has 21 heavy (non-hydrogen) atoms. The number of fused-ring (bicyclic) bond motifs is 3. The summed E-state index contributed by atoms with van der Waals surface area (Å²) in [6.45, 7) is 0.742. The highest BCUT2D eigenvalue weighted by Gasteiger charge is 2.23. The minimum Gasteiger partial charge on any atom is -0.323 e. The first-order chi connectivity index (χ1) is 10.2. The van der Waals surface area contributed by atoms with Gasteiger partial charge in [-0.2, -0.15) is 23.5 Å². The molecule has 0 spiro atoms. The standard InChI is InChI=1S/C14H16N2OS4/c17-13-11-9-2-1-3-10(9)21-12(11)15-14(18)16(13)6-8-7-19-4-5-20-8/h8H,1-7H2,(H,15,18). The summed E-state index contributed by atoms with van der Waals surface area (Å²) in [5, 5.41) is 1.41. The molecule has 1 N–H and O–H groups in total. The van der Waals surface area contributed by atoms with Crippen molar-refractivity contribution in [3.63, 3.8) is 0 Å². The van der Waals surface area contributed by atoms with E-state index in [9.17, 15) is 4.79 Å². The maximum atomic E-state index is 12.9. The van der Waals surface area contributed by atoms with Gasteiger partial charge in [-0.25, -0.2) is 0 Å². The summed E-state index contributed by atoms with van der Waals surface area (Å²) in [6, 6.07) is 0. The van der Waals surface area contributed by atoms with Crippen LogP contribution < -0.4 is 5.56 Å². The van der Waals surface area contributed by atoms with Crippen molar-refractivity contribution in [2.75, 3.05) is 17.3 Å². The zero-order valence-electron chi connectivity index (χ0n) is 11.5. The van der Waals surface area contributed by atoms with Crippen LogP contribution >= 0.6 is 47.1 Å². The molecule has 0 bridgehead atoms. The maximum absolute atomic E-state index is 12.9. The number of thiophene rings is 1. The van der Waals surface area contributed by atoms with E-state index in [0.717, 1.165) is 35.4 Å². The van der Waals surface area contributed by atoms with Crippen molar-refractivity contribution >= 4 is 57.3 Å². The molecule has 3 nitrogen and oxygen atoms in total. The quantitative estimate of drug-likeness (QED) is 0.836. The predicted molar refractivity (Wildman–Crippen MR) is 96.9 cm³/mol. The van der Waals surface area contributed by atoms with Gasteiger partial charge in [0.25, 0.3) is 5.56 Å². The number of thioether (sulfide) groups is 2. The van der Waals surface area contributed by atoms with Crippen LogP contribution in [0.2, 0.25) is 0 Å².